The lowest BCUT2D eigenvalue weighted by molar-refractivity contribution is -0.384. The number of nitro groups is 1. The van der Waals surface area contributed by atoms with Crippen LogP contribution in [0.1, 0.15) is 5.56 Å². The van der Waals surface area contributed by atoms with Gasteiger partial charge >= 0.3 is 0 Å². The number of hydrogen-bond acceptors (Lipinski definition) is 5. The molecule has 1 aliphatic heterocycles. The molecule has 1 aromatic rings. The highest BCUT2D eigenvalue weighted by Crippen LogP contribution is 2.11. The van der Waals surface area contributed by atoms with E-state index in [2.05, 4.69) is 22.2 Å². The van der Waals surface area contributed by atoms with Crippen LogP contribution in [-0.4, -0.2) is 67.6 Å². The Bertz CT molecular complexity index is 441. The molecule has 1 aromatic carbocycles. The van der Waals surface area contributed by atoms with Gasteiger partial charge in [0, 0.05) is 51.4 Å². The average molecular weight is 292 g/mol. The molecule has 0 amide bonds. The second-order valence-electron chi connectivity index (χ2n) is 5.57. The molecule has 0 radical (unpaired) electrons. The van der Waals surface area contributed by atoms with Gasteiger partial charge in [0.1, 0.15) is 0 Å². The van der Waals surface area contributed by atoms with Gasteiger partial charge in [0.05, 0.1) is 4.92 Å². The molecule has 0 spiro atoms. The SMILES string of the molecule is CN1CCN(CCNCCc2ccc([N+](=O)[O-])cc2)CC1. The van der Waals surface area contributed by atoms with E-state index in [1.165, 1.54) is 0 Å². The van der Waals surface area contributed by atoms with E-state index in [-0.39, 0.29) is 10.6 Å². The summed E-state index contributed by atoms with van der Waals surface area (Å²) in [5.74, 6) is 0. The molecule has 0 bridgehead atoms. The van der Waals surface area contributed by atoms with Gasteiger partial charge in [0.25, 0.3) is 5.69 Å². The van der Waals surface area contributed by atoms with E-state index in [4.69, 9.17) is 0 Å². The zero-order valence-corrected chi connectivity index (χ0v) is 12.6. The Balaban J connectivity index is 1.58. The molecule has 116 valence electrons. The van der Waals surface area contributed by atoms with Gasteiger partial charge in [0.2, 0.25) is 0 Å². The topological polar surface area (TPSA) is 61.6 Å². The number of piperazine rings is 1. The van der Waals surface area contributed by atoms with Gasteiger partial charge in [-0.05, 0) is 25.6 Å². The lowest BCUT2D eigenvalue weighted by Crippen LogP contribution is -2.46. The second-order valence-corrected chi connectivity index (χ2v) is 5.57. The van der Waals surface area contributed by atoms with E-state index in [0.717, 1.165) is 57.8 Å². The number of nitro benzene ring substituents is 1. The number of hydrogen-bond donors (Lipinski definition) is 1. The fraction of sp³-hybridized carbons (Fsp3) is 0.600. The van der Waals surface area contributed by atoms with Gasteiger partial charge in [0.15, 0.2) is 0 Å². The molecule has 1 aliphatic rings. The van der Waals surface area contributed by atoms with Crippen molar-refractivity contribution in [2.24, 2.45) is 0 Å². The Morgan fingerprint density at radius 3 is 2.43 bits per heavy atom. The summed E-state index contributed by atoms with van der Waals surface area (Å²) in [6.07, 6.45) is 0.904. The first-order valence-electron chi connectivity index (χ1n) is 7.50. The Kier molecular flexibility index (Phi) is 6.10. The third kappa shape index (κ3) is 5.41. The monoisotopic (exact) mass is 292 g/mol. The molecule has 1 saturated heterocycles. The van der Waals surface area contributed by atoms with Gasteiger partial charge in [-0.3, -0.25) is 15.0 Å². The highest BCUT2D eigenvalue weighted by atomic mass is 16.6. The number of benzene rings is 1. The second kappa shape index (κ2) is 8.07. The van der Waals surface area contributed by atoms with Gasteiger partial charge in [-0.2, -0.15) is 0 Å². The van der Waals surface area contributed by atoms with Crippen LogP contribution in [0.2, 0.25) is 0 Å². The van der Waals surface area contributed by atoms with Crippen molar-refractivity contribution in [3.8, 4) is 0 Å². The molecule has 0 unspecified atom stereocenters. The maximum atomic E-state index is 10.6. The predicted octanol–water partition coefficient (Wildman–Crippen LogP) is 0.974. The van der Waals surface area contributed by atoms with Crippen molar-refractivity contribution in [1.82, 2.24) is 15.1 Å². The van der Waals surface area contributed by atoms with Gasteiger partial charge < -0.3 is 10.2 Å². The summed E-state index contributed by atoms with van der Waals surface area (Å²) in [6, 6.07) is 6.81. The third-order valence-corrected chi connectivity index (χ3v) is 3.94. The van der Waals surface area contributed by atoms with Crippen LogP contribution in [-0.2, 0) is 6.42 Å². The molecule has 6 heteroatoms. The van der Waals surface area contributed by atoms with Crippen molar-refractivity contribution in [3.63, 3.8) is 0 Å². The molecule has 1 heterocycles. The molecule has 21 heavy (non-hydrogen) atoms. The molecule has 0 atom stereocenters. The Labute approximate surface area is 125 Å². The smallest absolute Gasteiger partial charge is 0.269 e. The average Bonchev–Trinajstić information content (AvgIpc) is 2.49. The van der Waals surface area contributed by atoms with E-state index in [9.17, 15) is 10.1 Å². The molecule has 2 rings (SSSR count). The fourth-order valence-electron chi connectivity index (χ4n) is 2.45. The van der Waals surface area contributed by atoms with E-state index in [1.807, 2.05) is 12.1 Å². The zero-order valence-electron chi connectivity index (χ0n) is 12.6. The van der Waals surface area contributed by atoms with Crippen LogP contribution >= 0.6 is 0 Å². The van der Waals surface area contributed by atoms with Gasteiger partial charge in [-0.1, -0.05) is 12.1 Å². The largest absolute Gasteiger partial charge is 0.315 e. The quantitative estimate of drug-likeness (QED) is 0.461. The van der Waals surface area contributed by atoms with Crippen LogP contribution < -0.4 is 5.32 Å². The highest BCUT2D eigenvalue weighted by Gasteiger charge is 2.12. The first-order valence-corrected chi connectivity index (χ1v) is 7.50. The van der Waals surface area contributed by atoms with Crippen molar-refractivity contribution >= 4 is 5.69 Å². The van der Waals surface area contributed by atoms with E-state index in [1.54, 1.807) is 12.1 Å². The normalized spacial score (nSPS) is 17.0. The van der Waals surface area contributed by atoms with Crippen molar-refractivity contribution in [2.75, 3.05) is 52.9 Å². The predicted molar refractivity (Wildman–Crippen MR) is 83.6 cm³/mol. The number of likely N-dealkylation sites (N-methyl/N-ethyl adjacent to an activating group) is 1. The molecule has 0 aliphatic carbocycles. The zero-order chi connectivity index (χ0) is 15.1. The molecule has 0 saturated carbocycles. The lowest BCUT2D eigenvalue weighted by Gasteiger charge is -2.32. The van der Waals surface area contributed by atoms with Crippen molar-refractivity contribution in [3.05, 3.63) is 39.9 Å². The summed E-state index contributed by atoms with van der Waals surface area (Å²) in [5.41, 5.74) is 1.29. The minimum atomic E-state index is -0.363. The molecule has 1 N–H and O–H groups in total. The lowest BCUT2D eigenvalue weighted by atomic mass is 10.1. The van der Waals surface area contributed by atoms with Crippen molar-refractivity contribution < 1.29 is 4.92 Å². The number of non-ortho nitro benzene ring substituents is 1. The van der Waals surface area contributed by atoms with Crippen LogP contribution in [0.25, 0.3) is 0 Å². The van der Waals surface area contributed by atoms with Crippen LogP contribution in [0.4, 0.5) is 5.69 Å². The fourth-order valence-corrected chi connectivity index (χ4v) is 2.45. The standard InChI is InChI=1S/C15H24N4O2/c1-17-10-12-18(13-11-17)9-8-16-7-6-14-2-4-15(5-3-14)19(20)21/h2-5,16H,6-13H2,1H3. The van der Waals surface area contributed by atoms with E-state index in [0.29, 0.717) is 0 Å². The first-order chi connectivity index (χ1) is 10.1. The van der Waals surface area contributed by atoms with E-state index < -0.39 is 0 Å². The van der Waals surface area contributed by atoms with Crippen LogP contribution in [0.15, 0.2) is 24.3 Å². The van der Waals surface area contributed by atoms with Crippen molar-refractivity contribution in [1.29, 1.82) is 0 Å². The molecule has 6 nitrogen and oxygen atoms in total. The van der Waals surface area contributed by atoms with Crippen LogP contribution in [0.5, 0.6) is 0 Å². The van der Waals surface area contributed by atoms with E-state index >= 15 is 0 Å². The molecular weight excluding hydrogens is 268 g/mol. The Morgan fingerprint density at radius 2 is 1.81 bits per heavy atom. The summed E-state index contributed by atoms with van der Waals surface area (Å²) in [5, 5.41) is 14.0. The van der Waals surface area contributed by atoms with Crippen LogP contribution in [0, 0.1) is 10.1 Å². The Hall–Kier alpha value is -1.50. The number of nitrogens with zero attached hydrogens (tertiary/aromatic N) is 3. The van der Waals surface area contributed by atoms with Gasteiger partial charge in [-0.15, -0.1) is 0 Å². The maximum Gasteiger partial charge on any atom is 0.269 e. The number of rotatable bonds is 7. The summed E-state index contributed by atoms with van der Waals surface area (Å²) in [6.45, 7) is 7.61. The highest BCUT2D eigenvalue weighted by molar-refractivity contribution is 5.32. The van der Waals surface area contributed by atoms with Crippen molar-refractivity contribution in [2.45, 2.75) is 6.42 Å². The summed E-state index contributed by atoms with van der Waals surface area (Å²) in [7, 11) is 2.17. The Morgan fingerprint density at radius 1 is 1.14 bits per heavy atom. The number of nitrogens with one attached hydrogen (secondary N) is 1. The third-order valence-electron chi connectivity index (χ3n) is 3.94. The summed E-state index contributed by atoms with van der Waals surface area (Å²) >= 11 is 0. The molecule has 1 fully saturated rings. The minimum Gasteiger partial charge on any atom is -0.315 e. The minimum absolute atomic E-state index is 0.154. The van der Waals surface area contributed by atoms with Gasteiger partial charge in [-0.25, -0.2) is 0 Å². The maximum absolute atomic E-state index is 10.6. The first kappa shape index (κ1) is 15.9. The summed E-state index contributed by atoms with van der Waals surface area (Å²) < 4.78 is 0. The molecular formula is C15H24N4O2. The molecule has 0 aromatic heterocycles. The summed E-state index contributed by atoms with van der Waals surface area (Å²) in [4.78, 5) is 15.0. The van der Waals surface area contributed by atoms with Crippen LogP contribution in [0.3, 0.4) is 0 Å².